The van der Waals surface area contributed by atoms with Gasteiger partial charge >= 0.3 is 12.1 Å². The standard InChI is InChI=1S/C11H14F3N3O2/c1-2-7(6-18)16-9-4-3-8(5-15-9)17-10(19)11(12,13)14/h3-5,7,18H,2,6H2,1H3,(H,15,16)(H,17,19). The summed E-state index contributed by atoms with van der Waals surface area (Å²) in [5.41, 5.74) is -0.0510. The Labute approximate surface area is 107 Å². The highest BCUT2D eigenvalue weighted by atomic mass is 19.4. The molecule has 0 bridgehead atoms. The number of aliphatic hydroxyl groups is 1. The van der Waals surface area contributed by atoms with Crippen molar-refractivity contribution in [3.05, 3.63) is 18.3 Å². The van der Waals surface area contributed by atoms with Crippen LogP contribution in [-0.4, -0.2) is 34.8 Å². The number of carbonyl (C=O) groups excluding carboxylic acids is 1. The van der Waals surface area contributed by atoms with Crippen molar-refractivity contribution in [2.24, 2.45) is 0 Å². The second kappa shape index (κ2) is 6.37. The van der Waals surface area contributed by atoms with Gasteiger partial charge < -0.3 is 15.7 Å². The van der Waals surface area contributed by atoms with Gasteiger partial charge in [0.2, 0.25) is 0 Å². The molecule has 0 aliphatic heterocycles. The van der Waals surface area contributed by atoms with Crippen molar-refractivity contribution < 1.29 is 23.1 Å². The second-order valence-corrected chi connectivity index (χ2v) is 3.82. The predicted molar refractivity (Wildman–Crippen MR) is 63.7 cm³/mol. The zero-order valence-corrected chi connectivity index (χ0v) is 10.2. The number of anilines is 2. The van der Waals surface area contributed by atoms with Gasteiger partial charge in [0.1, 0.15) is 5.82 Å². The summed E-state index contributed by atoms with van der Waals surface area (Å²) in [6, 6.07) is 2.54. The van der Waals surface area contributed by atoms with Crippen LogP contribution >= 0.6 is 0 Å². The van der Waals surface area contributed by atoms with Crippen LogP contribution in [0, 0.1) is 0 Å². The molecule has 1 aromatic rings. The molecule has 0 aliphatic carbocycles. The maximum atomic E-state index is 12.0. The molecule has 1 atom stereocenters. The molecule has 0 radical (unpaired) electrons. The first-order chi connectivity index (χ1) is 8.86. The van der Waals surface area contributed by atoms with Gasteiger partial charge in [-0.05, 0) is 18.6 Å². The fourth-order valence-corrected chi connectivity index (χ4v) is 1.24. The summed E-state index contributed by atoms with van der Waals surface area (Å²) in [7, 11) is 0. The van der Waals surface area contributed by atoms with E-state index >= 15 is 0 Å². The molecule has 0 aliphatic rings. The predicted octanol–water partition coefficient (Wildman–Crippen LogP) is 1.77. The zero-order valence-electron chi connectivity index (χ0n) is 10.2. The fraction of sp³-hybridized carbons (Fsp3) is 0.455. The number of aliphatic hydroxyl groups excluding tert-OH is 1. The number of rotatable bonds is 5. The van der Waals surface area contributed by atoms with Crippen LogP contribution in [-0.2, 0) is 4.79 Å². The van der Waals surface area contributed by atoms with E-state index in [0.29, 0.717) is 12.2 Å². The molecular weight excluding hydrogens is 263 g/mol. The topological polar surface area (TPSA) is 74.2 Å². The third-order valence-electron chi connectivity index (χ3n) is 2.34. The average Bonchev–Trinajstić information content (AvgIpc) is 2.36. The number of nitrogens with one attached hydrogen (secondary N) is 2. The molecule has 19 heavy (non-hydrogen) atoms. The number of hydrogen-bond donors (Lipinski definition) is 3. The first-order valence-corrected chi connectivity index (χ1v) is 5.58. The maximum Gasteiger partial charge on any atom is 0.471 e. The van der Waals surface area contributed by atoms with E-state index in [1.165, 1.54) is 12.1 Å². The van der Waals surface area contributed by atoms with Crippen molar-refractivity contribution in [3.8, 4) is 0 Å². The van der Waals surface area contributed by atoms with Gasteiger partial charge in [-0.2, -0.15) is 13.2 Å². The Balaban J connectivity index is 2.64. The van der Waals surface area contributed by atoms with Gasteiger partial charge in [-0.3, -0.25) is 4.79 Å². The monoisotopic (exact) mass is 277 g/mol. The first-order valence-electron chi connectivity index (χ1n) is 5.58. The van der Waals surface area contributed by atoms with E-state index in [1.807, 2.05) is 6.92 Å². The summed E-state index contributed by atoms with van der Waals surface area (Å²) in [6.07, 6.45) is -3.15. The Hall–Kier alpha value is -1.83. The number of hydrogen-bond acceptors (Lipinski definition) is 4. The van der Waals surface area contributed by atoms with Gasteiger partial charge in [0.15, 0.2) is 0 Å². The van der Waals surface area contributed by atoms with Crippen LogP contribution in [0.4, 0.5) is 24.7 Å². The van der Waals surface area contributed by atoms with Crippen LogP contribution in [0.1, 0.15) is 13.3 Å². The van der Waals surface area contributed by atoms with Crippen LogP contribution in [0.2, 0.25) is 0 Å². The van der Waals surface area contributed by atoms with E-state index in [0.717, 1.165) is 6.20 Å². The van der Waals surface area contributed by atoms with Gasteiger partial charge in [0, 0.05) is 0 Å². The van der Waals surface area contributed by atoms with E-state index in [4.69, 9.17) is 5.11 Å². The van der Waals surface area contributed by atoms with Crippen molar-refractivity contribution >= 4 is 17.4 Å². The Morgan fingerprint density at radius 1 is 1.47 bits per heavy atom. The lowest BCUT2D eigenvalue weighted by Gasteiger charge is -2.15. The molecule has 0 fully saturated rings. The van der Waals surface area contributed by atoms with E-state index in [1.54, 1.807) is 5.32 Å². The molecule has 5 nitrogen and oxygen atoms in total. The minimum absolute atomic E-state index is 0.0510. The minimum Gasteiger partial charge on any atom is -0.394 e. The number of amides is 1. The van der Waals surface area contributed by atoms with E-state index in [-0.39, 0.29) is 18.3 Å². The highest BCUT2D eigenvalue weighted by Crippen LogP contribution is 2.18. The summed E-state index contributed by atoms with van der Waals surface area (Å²) in [6.45, 7) is 1.79. The lowest BCUT2D eigenvalue weighted by molar-refractivity contribution is -0.167. The number of pyridine rings is 1. The smallest absolute Gasteiger partial charge is 0.394 e. The number of carbonyl (C=O) groups is 1. The van der Waals surface area contributed by atoms with Crippen molar-refractivity contribution in [2.45, 2.75) is 25.6 Å². The van der Waals surface area contributed by atoms with Crippen molar-refractivity contribution in [2.75, 3.05) is 17.2 Å². The number of halogens is 3. The van der Waals surface area contributed by atoms with Gasteiger partial charge in [-0.15, -0.1) is 0 Å². The molecule has 1 rings (SSSR count). The van der Waals surface area contributed by atoms with Gasteiger partial charge in [-0.25, -0.2) is 4.98 Å². The molecule has 1 aromatic heterocycles. The summed E-state index contributed by atoms with van der Waals surface area (Å²) in [5.74, 6) is -1.64. The average molecular weight is 277 g/mol. The zero-order chi connectivity index (χ0) is 14.5. The number of aromatic nitrogens is 1. The van der Waals surface area contributed by atoms with Crippen molar-refractivity contribution in [1.29, 1.82) is 0 Å². The second-order valence-electron chi connectivity index (χ2n) is 3.82. The largest absolute Gasteiger partial charge is 0.471 e. The summed E-state index contributed by atoms with van der Waals surface area (Å²) in [4.78, 5) is 14.5. The van der Waals surface area contributed by atoms with Gasteiger partial charge in [0.25, 0.3) is 0 Å². The molecule has 0 aromatic carbocycles. The Morgan fingerprint density at radius 2 is 2.16 bits per heavy atom. The summed E-state index contributed by atoms with van der Waals surface area (Å²) >= 11 is 0. The fourth-order valence-electron chi connectivity index (χ4n) is 1.24. The van der Waals surface area contributed by atoms with Crippen molar-refractivity contribution in [3.63, 3.8) is 0 Å². The Bertz CT molecular complexity index is 416. The molecule has 0 spiro atoms. The maximum absolute atomic E-state index is 12.0. The SMILES string of the molecule is CCC(CO)Nc1ccc(NC(=O)C(F)(F)F)cn1. The third kappa shape index (κ3) is 4.74. The molecule has 1 amide bonds. The Kier molecular flexibility index (Phi) is 5.11. The van der Waals surface area contributed by atoms with Crippen LogP contribution in [0.5, 0.6) is 0 Å². The highest BCUT2D eigenvalue weighted by molar-refractivity contribution is 5.94. The van der Waals surface area contributed by atoms with Crippen LogP contribution in [0.3, 0.4) is 0 Å². The van der Waals surface area contributed by atoms with Gasteiger partial charge in [-0.1, -0.05) is 6.92 Å². The lowest BCUT2D eigenvalue weighted by Crippen LogP contribution is -2.30. The van der Waals surface area contributed by atoms with E-state index < -0.39 is 12.1 Å². The quantitative estimate of drug-likeness (QED) is 0.766. The Morgan fingerprint density at radius 3 is 2.58 bits per heavy atom. The number of nitrogens with zero attached hydrogens (tertiary/aromatic N) is 1. The molecule has 1 heterocycles. The van der Waals surface area contributed by atoms with Crippen LogP contribution < -0.4 is 10.6 Å². The minimum atomic E-state index is -4.93. The van der Waals surface area contributed by atoms with Crippen LogP contribution in [0.15, 0.2) is 18.3 Å². The molecule has 0 saturated heterocycles. The van der Waals surface area contributed by atoms with E-state index in [2.05, 4.69) is 10.3 Å². The molecule has 1 unspecified atom stereocenters. The number of alkyl halides is 3. The summed E-state index contributed by atoms with van der Waals surface area (Å²) < 4.78 is 36.0. The van der Waals surface area contributed by atoms with Gasteiger partial charge in [0.05, 0.1) is 24.5 Å². The third-order valence-corrected chi connectivity index (χ3v) is 2.34. The lowest BCUT2D eigenvalue weighted by atomic mass is 10.2. The van der Waals surface area contributed by atoms with Crippen LogP contribution in [0.25, 0.3) is 0 Å². The molecule has 0 saturated carbocycles. The molecule has 3 N–H and O–H groups in total. The molecular formula is C11H14F3N3O2. The molecule has 106 valence electrons. The normalized spacial score (nSPS) is 12.9. The summed E-state index contributed by atoms with van der Waals surface area (Å²) in [5, 5.41) is 13.6. The van der Waals surface area contributed by atoms with Crippen molar-refractivity contribution in [1.82, 2.24) is 4.98 Å². The van der Waals surface area contributed by atoms with E-state index in [9.17, 15) is 18.0 Å². The first kappa shape index (κ1) is 15.2. The highest BCUT2D eigenvalue weighted by Gasteiger charge is 2.38. The molecule has 8 heteroatoms.